The number of alkyl halides is 3. The first-order chi connectivity index (χ1) is 7.48. The zero-order chi connectivity index (χ0) is 11.8. The van der Waals surface area contributed by atoms with Crippen molar-refractivity contribution in [1.29, 1.82) is 0 Å². The van der Waals surface area contributed by atoms with Crippen molar-refractivity contribution in [2.24, 2.45) is 0 Å². The van der Waals surface area contributed by atoms with E-state index >= 15 is 0 Å². The van der Waals surface area contributed by atoms with E-state index in [2.05, 4.69) is 5.32 Å². The second-order valence-electron chi connectivity index (χ2n) is 3.97. The highest BCUT2D eigenvalue weighted by Gasteiger charge is 2.40. The zero-order valence-corrected chi connectivity index (χ0v) is 8.88. The van der Waals surface area contributed by atoms with Crippen LogP contribution in [0.25, 0.3) is 0 Å². The van der Waals surface area contributed by atoms with Crippen molar-refractivity contribution in [2.75, 3.05) is 23.8 Å². The third-order valence-electron chi connectivity index (χ3n) is 2.79. The Morgan fingerprint density at radius 2 is 2.00 bits per heavy atom. The van der Waals surface area contributed by atoms with Gasteiger partial charge >= 0.3 is 6.18 Å². The molecular formula is C11H13F3N2. The van der Waals surface area contributed by atoms with Crippen molar-refractivity contribution in [3.05, 3.63) is 24.3 Å². The SMILES string of the molecule is CN1CCC(C(F)(F)F)Nc2ccccc21. The van der Waals surface area contributed by atoms with Crippen LogP contribution >= 0.6 is 0 Å². The number of hydrogen-bond acceptors (Lipinski definition) is 2. The Bertz CT molecular complexity index is 376. The predicted octanol–water partition coefficient (Wildman–Crippen LogP) is 2.87. The minimum atomic E-state index is -4.20. The minimum Gasteiger partial charge on any atom is -0.373 e. The number of rotatable bonds is 0. The molecule has 0 saturated carbocycles. The van der Waals surface area contributed by atoms with E-state index in [0.717, 1.165) is 5.69 Å². The largest absolute Gasteiger partial charge is 0.408 e. The van der Waals surface area contributed by atoms with Crippen molar-refractivity contribution in [3.8, 4) is 0 Å². The van der Waals surface area contributed by atoms with Crippen LogP contribution in [0.2, 0.25) is 0 Å². The summed E-state index contributed by atoms with van der Waals surface area (Å²) in [6, 6.07) is 5.60. The van der Waals surface area contributed by atoms with E-state index in [9.17, 15) is 13.2 Å². The van der Waals surface area contributed by atoms with Crippen LogP contribution in [-0.2, 0) is 0 Å². The van der Waals surface area contributed by atoms with Crippen LogP contribution < -0.4 is 10.2 Å². The molecule has 2 nitrogen and oxygen atoms in total. The van der Waals surface area contributed by atoms with Gasteiger partial charge < -0.3 is 10.2 Å². The fourth-order valence-electron chi connectivity index (χ4n) is 1.88. The fraction of sp³-hybridized carbons (Fsp3) is 0.455. The smallest absolute Gasteiger partial charge is 0.373 e. The molecular weight excluding hydrogens is 217 g/mol. The highest BCUT2D eigenvalue weighted by molar-refractivity contribution is 5.70. The summed E-state index contributed by atoms with van der Waals surface area (Å²) in [5, 5.41) is 2.56. The topological polar surface area (TPSA) is 15.3 Å². The molecule has 1 aliphatic heterocycles. The first kappa shape index (κ1) is 11.1. The molecule has 88 valence electrons. The fourth-order valence-corrected chi connectivity index (χ4v) is 1.88. The monoisotopic (exact) mass is 230 g/mol. The lowest BCUT2D eigenvalue weighted by Gasteiger charge is -2.20. The quantitative estimate of drug-likeness (QED) is 0.737. The van der Waals surface area contributed by atoms with Crippen LogP contribution in [0.4, 0.5) is 24.5 Å². The molecule has 1 aliphatic rings. The Kier molecular flexibility index (Phi) is 2.69. The maximum Gasteiger partial charge on any atom is 0.408 e. The highest BCUT2D eigenvalue weighted by atomic mass is 19.4. The lowest BCUT2D eigenvalue weighted by atomic mass is 10.2. The maximum atomic E-state index is 12.7. The molecule has 2 rings (SSSR count). The summed E-state index contributed by atoms with van der Waals surface area (Å²) in [6.45, 7) is 0.397. The van der Waals surface area contributed by atoms with E-state index in [1.165, 1.54) is 0 Å². The number of nitrogens with one attached hydrogen (secondary N) is 1. The zero-order valence-electron chi connectivity index (χ0n) is 8.88. The third kappa shape index (κ3) is 2.08. The third-order valence-corrected chi connectivity index (χ3v) is 2.79. The van der Waals surface area contributed by atoms with E-state index in [1.807, 2.05) is 17.0 Å². The highest BCUT2D eigenvalue weighted by Crippen LogP contribution is 2.33. The molecule has 1 aromatic carbocycles. The molecule has 0 aromatic heterocycles. The Hall–Kier alpha value is -1.39. The average molecular weight is 230 g/mol. The van der Waals surface area contributed by atoms with Gasteiger partial charge in [0.15, 0.2) is 0 Å². The first-order valence-electron chi connectivity index (χ1n) is 5.12. The Labute approximate surface area is 92.1 Å². The number of halogens is 3. The van der Waals surface area contributed by atoms with E-state index in [4.69, 9.17) is 0 Å². The lowest BCUT2D eigenvalue weighted by Crippen LogP contribution is -2.36. The van der Waals surface area contributed by atoms with Gasteiger partial charge in [0.2, 0.25) is 0 Å². The van der Waals surface area contributed by atoms with Crippen LogP contribution in [-0.4, -0.2) is 25.8 Å². The number of para-hydroxylation sites is 2. The molecule has 0 amide bonds. The van der Waals surface area contributed by atoms with Gasteiger partial charge in [-0.2, -0.15) is 13.2 Å². The van der Waals surface area contributed by atoms with Crippen LogP contribution in [0.3, 0.4) is 0 Å². The average Bonchev–Trinajstić information content (AvgIpc) is 2.38. The van der Waals surface area contributed by atoms with Gasteiger partial charge in [-0.05, 0) is 18.6 Å². The minimum absolute atomic E-state index is 0.0642. The van der Waals surface area contributed by atoms with Gasteiger partial charge in [0, 0.05) is 13.6 Å². The second-order valence-corrected chi connectivity index (χ2v) is 3.97. The van der Waals surface area contributed by atoms with Crippen molar-refractivity contribution < 1.29 is 13.2 Å². The molecule has 1 aromatic rings. The number of anilines is 2. The molecule has 0 spiro atoms. The molecule has 16 heavy (non-hydrogen) atoms. The van der Waals surface area contributed by atoms with E-state index < -0.39 is 12.2 Å². The molecule has 1 atom stereocenters. The predicted molar refractivity (Wildman–Crippen MR) is 57.8 cm³/mol. The number of hydrogen-bond donors (Lipinski definition) is 1. The summed E-state index contributed by atoms with van der Waals surface area (Å²) in [4.78, 5) is 1.84. The van der Waals surface area contributed by atoms with Crippen LogP contribution in [0, 0.1) is 0 Å². The van der Waals surface area contributed by atoms with Crippen molar-refractivity contribution in [3.63, 3.8) is 0 Å². The van der Waals surface area contributed by atoms with Gasteiger partial charge in [-0.1, -0.05) is 12.1 Å². The van der Waals surface area contributed by atoms with E-state index in [0.29, 0.717) is 12.2 Å². The number of benzene rings is 1. The first-order valence-corrected chi connectivity index (χ1v) is 5.12. The summed E-state index contributed by atoms with van der Waals surface area (Å²) < 4.78 is 38.0. The second kappa shape index (κ2) is 3.88. The summed E-state index contributed by atoms with van der Waals surface area (Å²) in [5.74, 6) is 0. The normalized spacial score (nSPS) is 21.0. The van der Waals surface area contributed by atoms with Gasteiger partial charge in [-0.3, -0.25) is 0 Å². The van der Waals surface area contributed by atoms with Crippen LogP contribution in [0.5, 0.6) is 0 Å². The molecule has 1 unspecified atom stereocenters. The Morgan fingerprint density at radius 3 is 2.69 bits per heavy atom. The molecule has 1 N–H and O–H groups in total. The van der Waals surface area contributed by atoms with Crippen LogP contribution in [0.15, 0.2) is 24.3 Å². The maximum absolute atomic E-state index is 12.7. The molecule has 0 saturated heterocycles. The van der Waals surface area contributed by atoms with E-state index in [-0.39, 0.29) is 6.42 Å². The summed E-state index contributed by atoms with van der Waals surface area (Å²) >= 11 is 0. The van der Waals surface area contributed by atoms with E-state index in [1.54, 1.807) is 19.2 Å². The molecule has 0 fully saturated rings. The Balaban J connectivity index is 2.32. The van der Waals surface area contributed by atoms with Gasteiger partial charge in [0.25, 0.3) is 0 Å². The van der Waals surface area contributed by atoms with Crippen molar-refractivity contribution in [1.82, 2.24) is 0 Å². The number of fused-ring (bicyclic) bond motifs is 1. The summed E-state index contributed by atoms with van der Waals surface area (Å²) in [6.07, 6.45) is -4.13. The lowest BCUT2D eigenvalue weighted by molar-refractivity contribution is -0.143. The van der Waals surface area contributed by atoms with Crippen LogP contribution in [0.1, 0.15) is 6.42 Å². The summed E-state index contributed by atoms with van der Waals surface area (Å²) in [7, 11) is 1.80. The molecule has 5 heteroatoms. The number of nitrogens with zero attached hydrogens (tertiary/aromatic N) is 1. The van der Waals surface area contributed by atoms with Gasteiger partial charge in [0.05, 0.1) is 11.4 Å². The van der Waals surface area contributed by atoms with Crippen molar-refractivity contribution >= 4 is 11.4 Å². The van der Waals surface area contributed by atoms with Crippen molar-refractivity contribution in [2.45, 2.75) is 18.6 Å². The molecule has 0 radical (unpaired) electrons. The molecule has 1 heterocycles. The van der Waals surface area contributed by atoms with Gasteiger partial charge in [-0.15, -0.1) is 0 Å². The molecule has 0 aliphatic carbocycles. The standard InChI is InChI=1S/C11H13F3N2/c1-16-7-6-10(11(12,13)14)15-8-4-2-3-5-9(8)16/h2-5,10,15H,6-7H2,1H3. The molecule has 0 bridgehead atoms. The summed E-state index contributed by atoms with van der Waals surface area (Å²) in [5.41, 5.74) is 1.36. The van der Waals surface area contributed by atoms with Gasteiger partial charge in [0.1, 0.15) is 6.04 Å². The Morgan fingerprint density at radius 1 is 1.31 bits per heavy atom. The van der Waals surface area contributed by atoms with Gasteiger partial charge in [-0.25, -0.2) is 0 Å².